The van der Waals surface area contributed by atoms with Crippen LogP contribution in [0.1, 0.15) is 0 Å². The number of rotatable bonds is 4. The van der Waals surface area contributed by atoms with Crippen LogP contribution in [0.3, 0.4) is 0 Å². The van der Waals surface area contributed by atoms with Crippen molar-refractivity contribution in [2.75, 3.05) is 19.5 Å². The van der Waals surface area contributed by atoms with Gasteiger partial charge >= 0.3 is 0 Å². The standard InChI is InChI=1S/C22H19N3O/c1-23-22-20-12-16(15-5-3-7-19(11-15)26-2)8-9-17(20)13-21(25-22)18-6-4-10-24-14-18/h3-14H,1-2H3,(H,23,25). The first-order chi connectivity index (χ1) is 12.8. The van der Waals surface area contributed by atoms with Crippen molar-refractivity contribution >= 4 is 16.6 Å². The van der Waals surface area contributed by atoms with Gasteiger partial charge in [-0.2, -0.15) is 0 Å². The normalized spacial score (nSPS) is 10.7. The monoisotopic (exact) mass is 341 g/mol. The number of fused-ring (bicyclic) bond motifs is 1. The van der Waals surface area contributed by atoms with Crippen LogP contribution in [0.15, 0.2) is 73.1 Å². The largest absolute Gasteiger partial charge is 0.497 e. The summed E-state index contributed by atoms with van der Waals surface area (Å²) in [6.07, 6.45) is 3.60. The zero-order valence-corrected chi connectivity index (χ0v) is 14.7. The number of benzene rings is 2. The summed E-state index contributed by atoms with van der Waals surface area (Å²) >= 11 is 0. The molecule has 0 spiro atoms. The van der Waals surface area contributed by atoms with Crippen LogP contribution < -0.4 is 10.1 Å². The third-order valence-corrected chi connectivity index (χ3v) is 4.43. The SMILES string of the molecule is CNc1nc(-c2cccnc2)cc2ccc(-c3cccc(OC)c3)cc12. The van der Waals surface area contributed by atoms with Crippen molar-refractivity contribution in [1.29, 1.82) is 0 Å². The highest BCUT2D eigenvalue weighted by atomic mass is 16.5. The maximum Gasteiger partial charge on any atom is 0.134 e. The van der Waals surface area contributed by atoms with Crippen LogP contribution in [-0.2, 0) is 0 Å². The van der Waals surface area contributed by atoms with Crippen molar-refractivity contribution < 1.29 is 4.74 Å². The lowest BCUT2D eigenvalue weighted by Crippen LogP contribution is -1.96. The van der Waals surface area contributed by atoms with E-state index in [-0.39, 0.29) is 0 Å². The van der Waals surface area contributed by atoms with E-state index in [1.807, 2.05) is 43.6 Å². The number of pyridine rings is 2. The number of aromatic nitrogens is 2. The van der Waals surface area contributed by atoms with Crippen molar-refractivity contribution in [1.82, 2.24) is 9.97 Å². The molecule has 0 aliphatic rings. The molecular formula is C22H19N3O. The van der Waals surface area contributed by atoms with Gasteiger partial charge in [0.25, 0.3) is 0 Å². The predicted octanol–water partition coefficient (Wildman–Crippen LogP) is 5.01. The summed E-state index contributed by atoms with van der Waals surface area (Å²) < 4.78 is 5.34. The Kier molecular flexibility index (Phi) is 4.23. The number of ether oxygens (including phenoxy) is 1. The molecule has 0 unspecified atom stereocenters. The Bertz CT molecular complexity index is 1060. The smallest absolute Gasteiger partial charge is 0.134 e. The van der Waals surface area contributed by atoms with E-state index in [2.05, 4.69) is 40.6 Å². The summed E-state index contributed by atoms with van der Waals surface area (Å²) in [6, 6.07) is 20.5. The van der Waals surface area contributed by atoms with Crippen LogP contribution in [0, 0.1) is 0 Å². The Hall–Kier alpha value is -3.40. The van der Waals surface area contributed by atoms with Gasteiger partial charge in [-0.15, -0.1) is 0 Å². The molecule has 0 saturated carbocycles. The van der Waals surface area contributed by atoms with Crippen LogP contribution in [0.4, 0.5) is 5.82 Å². The molecule has 4 aromatic rings. The molecule has 0 amide bonds. The van der Waals surface area contributed by atoms with E-state index in [0.29, 0.717) is 0 Å². The van der Waals surface area contributed by atoms with Crippen molar-refractivity contribution in [3.05, 3.63) is 73.1 Å². The highest BCUT2D eigenvalue weighted by Crippen LogP contribution is 2.32. The fourth-order valence-electron chi connectivity index (χ4n) is 3.08. The van der Waals surface area contributed by atoms with Gasteiger partial charge in [-0.05, 0) is 52.9 Å². The quantitative estimate of drug-likeness (QED) is 0.566. The Labute approximate surface area is 152 Å². The van der Waals surface area contributed by atoms with Gasteiger partial charge in [-0.3, -0.25) is 4.98 Å². The van der Waals surface area contributed by atoms with E-state index in [1.165, 1.54) is 0 Å². The first-order valence-electron chi connectivity index (χ1n) is 8.46. The molecule has 0 aliphatic heterocycles. The average Bonchev–Trinajstić information content (AvgIpc) is 2.73. The minimum Gasteiger partial charge on any atom is -0.497 e. The van der Waals surface area contributed by atoms with Crippen molar-refractivity contribution in [2.24, 2.45) is 0 Å². The number of hydrogen-bond acceptors (Lipinski definition) is 4. The number of hydrogen-bond donors (Lipinski definition) is 1. The minimum absolute atomic E-state index is 0.849. The molecule has 4 nitrogen and oxygen atoms in total. The third-order valence-electron chi connectivity index (χ3n) is 4.43. The summed E-state index contributed by atoms with van der Waals surface area (Å²) in [5, 5.41) is 5.44. The molecule has 2 aromatic carbocycles. The lowest BCUT2D eigenvalue weighted by Gasteiger charge is -2.11. The second kappa shape index (κ2) is 6.84. The van der Waals surface area contributed by atoms with Gasteiger partial charge in [0.1, 0.15) is 11.6 Å². The zero-order valence-electron chi connectivity index (χ0n) is 14.7. The first kappa shape index (κ1) is 16.1. The van der Waals surface area contributed by atoms with E-state index < -0.39 is 0 Å². The molecule has 0 saturated heterocycles. The highest BCUT2D eigenvalue weighted by molar-refractivity contribution is 5.97. The number of anilines is 1. The van der Waals surface area contributed by atoms with E-state index >= 15 is 0 Å². The summed E-state index contributed by atoms with van der Waals surface area (Å²) in [5.41, 5.74) is 4.15. The van der Waals surface area contributed by atoms with Gasteiger partial charge in [-0.25, -0.2) is 4.98 Å². The van der Waals surface area contributed by atoms with Gasteiger partial charge in [0.15, 0.2) is 0 Å². The Balaban J connectivity index is 1.86. The lowest BCUT2D eigenvalue weighted by molar-refractivity contribution is 0.415. The second-order valence-electron chi connectivity index (χ2n) is 6.02. The van der Waals surface area contributed by atoms with Gasteiger partial charge in [0.2, 0.25) is 0 Å². The topological polar surface area (TPSA) is 47.0 Å². The molecule has 128 valence electrons. The van der Waals surface area contributed by atoms with Gasteiger partial charge < -0.3 is 10.1 Å². The molecule has 0 bridgehead atoms. The van der Waals surface area contributed by atoms with Crippen molar-refractivity contribution in [3.63, 3.8) is 0 Å². The van der Waals surface area contributed by atoms with Gasteiger partial charge in [0.05, 0.1) is 12.8 Å². The van der Waals surface area contributed by atoms with Crippen LogP contribution in [-0.4, -0.2) is 24.1 Å². The Morgan fingerprint density at radius 2 is 1.73 bits per heavy atom. The zero-order chi connectivity index (χ0) is 17.9. The summed E-state index contributed by atoms with van der Waals surface area (Å²) in [4.78, 5) is 8.98. The predicted molar refractivity (Wildman–Crippen MR) is 107 cm³/mol. The van der Waals surface area contributed by atoms with E-state index in [1.54, 1.807) is 13.3 Å². The number of nitrogens with zero attached hydrogens (tertiary/aromatic N) is 2. The fourth-order valence-corrected chi connectivity index (χ4v) is 3.08. The van der Waals surface area contributed by atoms with E-state index in [0.717, 1.165) is 44.7 Å². The molecule has 0 atom stereocenters. The van der Waals surface area contributed by atoms with Gasteiger partial charge in [-0.1, -0.05) is 24.3 Å². The molecule has 2 heterocycles. The molecular weight excluding hydrogens is 322 g/mol. The number of methoxy groups -OCH3 is 1. The van der Waals surface area contributed by atoms with Crippen molar-refractivity contribution in [2.45, 2.75) is 0 Å². The molecule has 0 aliphatic carbocycles. The molecule has 4 heteroatoms. The summed E-state index contributed by atoms with van der Waals surface area (Å²) in [6.45, 7) is 0. The van der Waals surface area contributed by atoms with E-state index in [9.17, 15) is 0 Å². The van der Waals surface area contributed by atoms with Crippen LogP contribution in [0.25, 0.3) is 33.2 Å². The highest BCUT2D eigenvalue weighted by Gasteiger charge is 2.09. The van der Waals surface area contributed by atoms with Crippen LogP contribution in [0.2, 0.25) is 0 Å². The van der Waals surface area contributed by atoms with Crippen LogP contribution >= 0.6 is 0 Å². The summed E-state index contributed by atoms with van der Waals surface area (Å²) in [7, 11) is 3.58. The van der Waals surface area contributed by atoms with Crippen molar-refractivity contribution in [3.8, 4) is 28.1 Å². The first-order valence-corrected chi connectivity index (χ1v) is 8.46. The molecule has 0 fully saturated rings. The number of nitrogens with one attached hydrogen (secondary N) is 1. The molecule has 4 rings (SSSR count). The van der Waals surface area contributed by atoms with E-state index in [4.69, 9.17) is 9.72 Å². The fraction of sp³-hybridized carbons (Fsp3) is 0.0909. The second-order valence-corrected chi connectivity index (χ2v) is 6.02. The Morgan fingerprint density at radius 1 is 0.885 bits per heavy atom. The molecule has 2 aromatic heterocycles. The van der Waals surface area contributed by atoms with Gasteiger partial charge in [0, 0.05) is 30.4 Å². The molecule has 26 heavy (non-hydrogen) atoms. The molecule has 0 radical (unpaired) electrons. The minimum atomic E-state index is 0.849. The maximum absolute atomic E-state index is 5.34. The Morgan fingerprint density at radius 3 is 2.50 bits per heavy atom. The third kappa shape index (κ3) is 2.97. The van der Waals surface area contributed by atoms with Crippen LogP contribution in [0.5, 0.6) is 5.75 Å². The lowest BCUT2D eigenvalue weighted by atomic mass is 10.0. The summed E-state index contributed by atoms with van der Waals surface area (Å²) in [5.74, 6) is 1.70. The molecule has 1 N–H and O–H groups in total. The average molecular weight is 341 g/mol. The maximum atomic E-state index is 5.34.